The monoisotopic (exact) mass is 310 g/mol. The number of hydrogen-bond acceptors (Lipinski definition) is 3. The van der Waals surface area contributed by atoms with Crippen LogP contribution in [0.5, 0.6) is 0 Å². The van der Waals surface area contributed by atoms with Crippen molar-refractivity contribution in [1.82, 2.24) is 9.88 Å². The molecule has 2 aliphatic rings. The number of nitrogens with one attached hydrogen (secondary N) is 1. The first-order valence-corrected chi connectivity index (χ1v) is 8.48. The molecule has 0 aliphatic carbocycles. The highest BCUT2D eigenvalue weighted by atomic mass is 16.5. The third-order valence-corrected chi connectivity index (χ3v) is 4.99. The Morgan fingerprint density at radius 3 is 3.09 bits per heavy atom. The number of ether oxygens (including phenoxy) is 1. The Balaban J connectivity index is 1.79. The van der Waals surface area contributed by atoms with Gasteiger partial charge < -0.3 is 9.72 Å². The number of fused-ring (bicyclic) bond motifs is 5. The molecule has 23 heavy (non-hydrogen) atoms. The van der Waals surface area contributed by atoms with Crippen LogP contribution in [0.2, 0.25) is 0 Å². The SMILES string of the molecule is CCOC(=O)/C=C1\CCCN2CCc3c([nH]c4ccccc34)[C@@H]12. The van der Waals surface area contributed by atoms with Crippen LogP contribution in [0.4, 0.5) is 0 Å². The number of rotatable bonds is 2. The number of nitrogens with zero attached hydrogens (tertiary/aromatic N) is 1. The molecule has 4 heteroatoms. The molecule has 0 radical (unpaired) electrons. The zero-order chi connectivity index (χ0) is 15.8. The van der Waals surface area contributed by atoms with E-state index in [0.717, 1.165) is 32.4 Å². The van der Waals surface area contributed by atoms with Crippen molar-refractivity contribution in [3.63, 3.8) is 0 Å². The van der Waals surface area contributed by atoms with Crippen LogP contribution >= 0.6 is 0 Å². The quantitative estimate of drug-likeness (QED) is 0.683. The van der Waals surface area contributed by atoms with Gasteiger partial charge >= 0.3 is 5.97 Å². The summed E-state index contributed by atoms with van der Waals surface area (Å²) in [6.07, 6.45) is 4.87. The van der Waals surface area contributed by atoms with E-state index in [2.05, 4.69) is 34.1 Å². The van der Waals surface area contributed by atoms with E-state index in [1.54, 1.807) is 6.08 Å². The maximum atomic E-state index is 11.9. The Bertz CT molecular complexity index is 775. The average molecular weight is 310 g/mol. The van der Waals surface area contributed by atoms with E-state index in [1.165, 1.54) is 27.7 Å². The summed E-state index contributed by atoms with van der Waals surface area (Å²) >= 11 is 0. The highest BCUT2D eigenvalue weighted by molar-refractivity contribution is 5.86. The second-order valence-corrected chi connectivity index (χ2v) is 6.33. The molecule has 1 aromatic heterocycles. The summed E-state index contributed by atoms with van der Waals surface area (Å²) in [4.78, 5) is 18.1. The van der Waals surface area contributed by atoms with Crippen molar-refractivity contribution in [2.75, 3.05) is 19.7 Å². The van der Waals surface area contributed by atoms with Gasteiger partial charge in [0.2, 0.25) is 0 Å². The normalized spacial score (nSPS) is 22.8. The summed E-state index contributed by atoms with van der Waals surface area (Å²) in [7, 11) is 0. The van der Waals surface area contributed by atoms with Gasteiger partial charge in [0, 0.05) is 29.2 Å². The maximum Gasteiger partial charge on any atom is 0.330 e. The fourth-order valence-corrected chi connectivity index (χ4v) is 4.06. The lowest BCUT2D eigenvalue weighted by molar-refractivity contribution is -0.137. The molecule has 0 unspecified atom stereocenters. The second-order valence-electron chi connectivity index (χ2n) is 6.33. The number of esters is 1. The summed E-state index contributed by atoms with van der Waals surface area (Å²) in [5, 5.41) is 1.32. The predicted octanol–water partition coefficient (Wildman–Crippen LogP) is 3.35. The number of para-hydroxylation sites is 1. The molecule has 0 bridgehead atoms. The number of aromatic nitrogens is 1. The van der Waals surface area contributed by atoms with E-state index in [0.29, 0.717) is 6.61 Å². The van der Waals surface area contributed by atoms with Crippen molar-refractivity contribution in [3.05, 3.63) is 47.2 Å². The molecule has 4 nitrogen and oxygen atoms in total. The molecule has 1 atom stereocenters. The Morgan fingerprint density at radius 1 is 1.35 bits per heavy atom. The van der Waals surface area contributed by atoms with Crippen LogP contribution in [0.15, 0.2) is 35.9 Å². The molecule has 2 aliphatic heterocycles. The summed E-state index contributed by atoms with van der Waals surface area (Å²) in [5.74, 6) is -0.215. The number of H-pyrrole nitrogens is 1. The van der Waals surface area contributed by atoms with Crippen LogP contribution in [0, 0.1) is 0 Å². The molecule has 0 amide bonds. The standard InChI is InChI=1S/C19H22N2O2/c1-2-23-17(22)12-13-6-5-10-21-11-9-15-14-7-3-4-8-16(14)20-18(15)19(13)21/h3-4,7-8,12,19-20H,2,5-6,9-11H2,1H3/b13-12+/t19-/m1/s1. The van der Waals surface area contributed by atoms with E-state index in [-0.39, 0.29) is 12.0 Å². The average Bonchev–Trinajstić information content (AvgIpc) is 2.94. The zero-order valence-corrected chi connectivity index (χ0v) is 13.5. The van der Waals surface area contributed by atoms with Crippen LogP contribution in [0.1, 0.15) is 37.1 Å². The van der Waals surface area contributed by atoms with Crippen LogP contribution in [-0.2, 0) is 16.0 Å². The number of benzene rings is 1. The fourth-order valence-electron chi connectivity index (χ4n) is 4.06. The van der Waals surface area contributed by atoms with Crippen LogP contribution in [0.3, 0.4) is 0 Å². The highest BCUT2D eigenvalue weighted by Crippen LogP contribution is 2.42. The van der Waals surface area contributed by atoms with Crippen LogP contribution < -0.4 is 0 Å². The Morgan fingerprint density at radius 2 is 2.22 bits per heavy atom. The highest BCUT2D eigenvalue weighted by Gasteiger charge is 2.35. The Kier molecular flexibility index (Phi) is 3.69. The van der Waals surface area contributed by atoms with Crippen molar-refractivity contribution in [2.24, 2.45) is 0 Å². The number of hydrogen-bond donors (Lipinski definition) is 1. The minimum absolute atomic E-state index is 0.198. The first kappa shape index (κ1) is 14.5. The van der Waals surface area contributed by atoms with Crippen molar-refractivity contribution < 1.29 is 9.53 Å². The van der Waals surface area contributed by atoms with Gasteiger partial charge in [-0.3, -0.25) is 4.90 Å². The van der Waals surface area contributed by atoms with Gasteiger partial charge in [-0.1, -0.05) is 18.2 Å². The molecular formula is C19H22N2O2. The first-order chi connectivity index (χ1) is 11.3. The van der Waals surface area contributed by atoms with Crippen molar-refractivity contribution in [2.45, 2.75) is 32.2 Å². The molecule has 1 saturated heterocycles. The zero-order valence-electron chi connectivity index (χ0n) is 13.5. The van der Waals surface area contributed by atoms with E-state index < -0.39 is 0 Å². The van der Waals surface area contributed by atoms with E-state index in [1.807, 2.05) is 6.92 Å². The fraction of sp³-hybridized carbons (Fsp3) is 0.421. The lowest BCUT2D eigenvalue weighted by Gasteiger charge is -2.40. The summed E-state index contributed by atoms with van der Waals surface area (Å²) in [6, 6.07) is 8.69. The van der Waals surface area contributed by atoms with Gasteiger partial charge in [-0.05, 0) is 49.9 Å². The van der Waals surface area contributed by atoms with E-state index in [4.69, 9.17) is 4.74 Å². The summed E-state index contributed by atoms with van der Waals surface area (Å²) in [6.45, 7) is 4.42. The van der Waals surface area contributed by atoms with Gasteiger partial charge in [0.1, 0.15) is 0 Å². The molecule has 1 N–H and O–H groups in total. The maximum absolute atomic E-state index is 11.9. The molecule has 4 rings (SSSR count). The van der Waals surface area contributed by atoms with Gasteiger partial charge in [0.05, 0.1) is 12.6 Å². The molecule has 1 aromatic carbocycles. The van der Waals surface area contributed by atoms with Gasteiger partial charge in [0.25, 0.3) is 0 Å². The smallest absolute Gasteiger partial charge is 0.330 e. The Hall–Kier alpha value is -2.07. The summed E-state index contributed by atoms with van der Waals surface area (Å²) < 4.78 is 5.13. The lowest BCUT2D eigenvalue weighted by Crippen LogP contribution is -2.40. The lowest BCUT2D eigenvalue weighted by atomic mass is 9.86. The minimum atomic E-state index is -0.215. The molecule has 0 spiro atoms. The van der Waals surface area contributed by atoms with E-state index in [9.17, 15) is 4.79 Å². The molecular weight excluding hydrogens is 288 g/mol. The molecule has 2 aromatic rings. The molecule has 0 saturated carbocycles. The van der Waals surface area contributed by atoms with Gasteiger partial charge in [0.15, 0.2) is 0 Å². The molecule has 120 valence electrons. The molecule has 1 fully saturated rings. The van der Waals surface area contributed by atoms with Gasteiger partial charge in [-0.15, -0.1) is 0 Å². The van der Waals surface area contributed by atoms with Gasteiger partial charge in [-0.2, -0.15) is 0 Å². The van der Waals surface area contributed by atoms with Crippen LogP contribution in [0.25, 0.3) is 10.9 Å². The third kappa shape index (κ3) is 2.47. The van der Waals surface area contributed by atoms with E-state index >= 15 is 0 Å². The third-order valence-electron chi connectivity index (χ3n) is 4.99. The number of aromatic amines is 1. The number of carbonyl (C=O) groups excluding carboxylic acids is 1. The van der Waals surface area contributed by atoms with Gasteiger partial charge in [-0.25, -0.2) is 4.79 Å². The Labute approximate surface area is 136 Å². The number of carbonyl (C=O) groups is 1. The molecule has 3 heterocycles. The minimum Gasteiger partial charge on any atom is -0.463 e. The van der Waals surface area contributed by atoms with Crippen molar-refractivity contribution in [3.8, 4) is 0 Å². The first-order valence-electron chi connectivity index (χ1n) is 8.48. The summed E-state index contributed by atoms with van der Waals surface area (Å²) in [5.41, 5.74) is 5.06. The topological polar surface area (TPSA) is 45.3 Å². The van der Waals surface area contributed by atoms with Crippen LogP contribution in [-0.4, -0.2) is 35.5 Å². The number of piperidine rings is 1. The van der Waals surface area contributed by atoms with Crippen molar-refractivity contribution in [1.29, 1.82) is 0 Å². The second kappa shape index (κ2) is 5.85. The predicted molar refractivity (Wildman–Crippen MR) is 90.3 cm³/mol. The largest absolute Gasteiger partial charge is 0.463 e. The van der Waals surface area contributed by atoms with Crippen molar-refractivity contribution >= 4 is 16.9 Å².